The number of nitrogens with two attached hydrogens (primary N) is 1. The minimum atomic E-state index is 0.187. The molecule has 0 aliphatic carbocycles. The van der Waals surface area contributed by atoms with E-state index in [-0.39, 0.29) is 5.41 Å². The standard InChI is InChI=1S/C22H23N5/c1-22(6-3-7-24-13-22)16-5-2-4-14(8-16)15-9-18-17-10-20(23)25-12-19(17)27-21(18)26-11-15/h2,4-5,8-12,24H,3,6-7,13H2,1H3,(H2,23,25)(H,26,27). The lowest BCUT2D eigenvalue weighted by Crippen LogP contribution is -2.41. The molecule has 0 spiro atoms. The summed E-state index contributed by atoms with van der Waals surface area (Å²) in [5.74, 6) is 0.522. The Morgan fingerprint density at radius 3 is 2.81 bits per heavy atom. The monoisotopic (exact) mass is 357 g/mol. The maximum absolute atomic E-state index is 5.89. The van der Waals surface area contributed by atoms with Crippen molar-refractivity contribution >= 4 is 27.8 Å². The van der Waals surface area contributed by atoms with Crippen molar-refractivity contribution in [3.63, 3.8) is 0 Å². The normalized spacial score (nSPS) is 20.3. The van der Waals surface area contributed by atoms with Gasteiger partial charge in [-0.2, -0.15) is 0 Å². The van der Waals surface area contributed by atoms with Crippen LogP contribution in [0.4, 0.5) is 5.82 Å². The predicted octanol–water partition coefficient (Wildman–Crippen LogP) is 4.00. The van der Waals surface area contributed by atoms with Crippen LogP contribution in [0.2, 0.25) is 0 Å². The zero-order valence-electron chi connectivity index (χ0n) is 15.4. The first-order valence-corrected chi connectivity index (χ1v) is 9.47. The minimum absolute atomic E-state index is 0.187. The molecule has 4 heterocycles. The van der Waals surface area contributed by atoms with Gasteiger partial charge in [-0.25, -0.2) is 9.97 Å². The minimum Gasteiger partial charge on any atom is -0.384 e. The molecule has 0 bridgehead atoms. The van der Waals surface area contributed by atoms with E-state index < -0.39 is 0 Å². The van der Waals surface area contributed by atoms with Gasteiger partial charge < -0.3 is 16.0 Å². The van der Waals surface area contributed by atoms with Crippen LogP contribution in [-0.4, -0.2) is 28.0 Å². The highest BCUT2D eigenvalue weighted by molar-refractivity contribution is 6.07. The Hall–Kier alpha value is -2.92. The molecule has 27 heavy (non-hydrogen) atoms. The van der Waals surface area contributed by atoms with Crippen LogP contribution in [0.15, 0.2) is 48.8 Å². The van der Waals surface area contributed by atoms with Gasteiger partial charge in [0.2, 0.25) is 0 Å². The van der Waals surface area contributed by atoms with Crippen molar-refractivity contribution in [2.45, 2.75) is 25.2 Å². The van der Waals surface area contributed by atoms with E-state index >= 15 is 0 Å². The number of benzene rings is 1. The third kappa shape index (κ3) is 2.75. The number of nitrogen functional groups attached to an aromatic ring is 1. The molecule has 1 saturated heterocycles. The average Bonchev–Trinajstić information content (AvgIpc) is 3.06. The lowest BCUT2D eigenvalue weighted by Gasteiger charge is -2.35. The van der Waals surface area contributed by atoms with Gasteiger partial charge in [-0.05, 0) is 42.6 Å². The van der Waals surface area contributed by atoms with E-state index in [0.29, 0.717) is 5.82 Å². The highest BCUT2D eigenvalue weighted by Crippen LogP contribution is 2.34. The number of pyridine rings is 2. The van der Waals surface area contributed by atoms with Crippen LogP contribution in [0, 0.1) is 0 Å². The van der Waals surface area contributed by atoms with E-state index in [4.69, 9.17) is 5.73 Å². The fourth-order valence-corrected chi connectivity index (χ4v) is 4.23. The molecule has 0 saturated carbocycles. The first-order valence-electron chi connectivity index (χ1n) is 9.47. The van der Waals surface area contributed by atoms with Gasteiger partial charge in [0.25, 0.3) is 0 Å². The zero-order valence-corrected chi connectivity index (χ0v) is 15.4. The van der Waals surface area contributed by atoms with Crippen molar-refractivity contribution in [2.75, 3.05) is 18.8 Å². The molecule has 1 aromatic carbocycles. The van der Waals surface area contributed by atoms with Gasteiger partial charge in [0.15, 0.2) is 0 Å². The zero-order chi connectivity index (χ0) is 18.4. The number of aromatic amines is 1. The fraction of sp³-hybridized carbons (Fsp3) is 0.273. The first kappa shape index (κ1) is 16.3. The molecular weight excluding hydrogens is 334 g/mol. The number of hydrogen-bond donors (Lipinski definition) is 3. The van der Waals surface area contributed by atoms with Crippen LogP contribution >= 0.6 is 0 Å². The molecule has 5 rings (SSSR count). The van der Waals surface area contributed by atoms with E-state index in [2.05, 4.69) is 57.5 Å². The quantitative estimate of drug-likeness (QED) is 0.506. The summed E-state index contributed by atoms with van der Waals surface area (Å²) in [5, 5.41) is 5.68. The number of fused-ring (bicyclic) bond motifs is 3. The van der Waals surface area contributed by atoms with E-state index in [1.54, 1.807) is 6.20 Å². The summed E-state index contributed by atoms with van der Waals surface area (Å²) in [6, 6.07) is 13.0. The Bertz CT molecular complexity index is 1140. The number of hydrogen-bond acceptors (Lipinski definition) is 4. The van der Waals surface area contributed by atoms with Crippen molar-refractivity contribution in [1.82, 2.24) is 20.3 Å². The van der Waals surface area contributed by atoms with Crippen LogP contribution in [-0.2, 0) is 5.41 Å². The first-order chi connectivity index (χ1) is 13.1. The lowest BCUT2D eigenvalue weighted by molar-refractivity contribution is 0.339. The maximum Gasteiger partial charge on any atom is 0.138 e. The van der Waals surface area contributed by atoms with Crippen molar-refractivity contribution in [2.24, 2.45) is 0 Å². The summed E-state index contributed by atoms with van der Waals surface area (Å²) in [7, 11) is 0. The predicted molar refractivity (Wildman–Crippen MR) is 111 cm³/mol. The molecule has 4 N–H and O–H groups in total. The second-order valence-electron chi connectivity index (χ2n) is 7.82. The molecule has 1 aliphatic rings. The Morgan fingerprint density at radius 2 is 1.96 bits per heavy atom. The number of nitrogens with zero attached hydrogens (tertiary/aromatic N) is 2. The Kier molecular flexibility index (Phi) is 3.65. The number of H-pyrrole nitrogens is 1. The van der Waals surface area contributed by atoms with Crippen LogP contribution in [0.25, 0.3) is 33.1 Å². The number of aromatic nitrogens is 3. The van der Waals surface area contributed by atoms with Crippen LogP contribution in [0.5, 0.6) is 0 Å². The van der Waals surface area contributed by atoms with Crippen molar-refractivity contribution in [3.8, 4) is 11.1 Å². The summed E-state index contributed by atoms with van der Waals surface area (Å²) < 4.78 is 0. The lowest BCUT2D eigenvalue weighted by atomic mass is 9.76. The molecule has 1 unspecified atom stereocenters. The van der Waals surface area contributed by atoms with E-state index in [0.717, 1.165) is 40.6 Å². The molecule has 5 nitrogen and oxygen atoms in total. The van der Waals surface area contributed by atoms with Crippen LogP contribution in [0.3, 0.4) is 0 Å². The molecule has 5 heteroatoms. The molecular formula is C22H23N5. The highest BCUT2D eigenvalue weighted by atomic mass is 14.9. The second kappa shape index (κ2) is 6.06. The summed E-state index contributed by atoms with van der Waals surface area (Å²) in [6.07, 6.45) is 6.15. The SMILES string of the molecule is CC1(c2cccc(-c3cnc4[nH]c5cnc(N)cc5c4c3)c2)CCCNC1. The smallest absolute Gasteiger partial charge is 0.138 e. The van der Waals surface area contributed by atoms with Gasteiger partial charge in [0.1, 0.15) is 11.5 Å². The highest BCUT2D eigenvalue weighted by Gasteiger charge is 2.28. The van der Waals surface area contributed by atoms with E-state index in [1.807, 2.05) is 12.3 Å². The summed E-state index contributed by atoms with van der Waals surface area (Å²) >= 11 is 0. The Morgan fingerprint density at radius 1 is 1.04 bits per heavy atom. The van der Waals surface area contributed by atoms with Gasteiger partial charge in [-0.1, -0.05) is 31.2 Å². The summed E-state index contributed by atoms with van der Waals surface area (Å²) in [4.78, 5) is 12.1. The topological polar surface area (TPSA) is 79.6 Å². The third-order valence-electron chi connectivity index (χ3n) is 5.85. The molecule has 1 atom stereocenters. The average molecular weight is 357 g/mol. The van der Waals surface area contributed by atoms with Gasteiger partial charge >= 0.3 is 0 Å². The Balaban J connectivity index is 1.62. The number of nitrogens with one attached hydrogen (secondary N) is 2. The molecule has 0 radical (unpaired) electrons. The van der Waals surface area contributed by atoms with E-state index in [1.165, 1.54) is 24.0 Å². The van der Waals surface area contributed by atoms with Crippen LogP contribution < -0.4 is 11.1 Å². The third-order valence-corrected chi connectivity index (χ3v) is 5.85. The fourth-order valence-electron chi connectivity index (χ4n) is 4.23. The summed E-state index contributed by atoms with van der Waals surface area (Å²) in [6.45, 7) is 4.51. The molecule has 1 aliphatic heterocycles. The van der Waals surface area contributed by atoms with Gasteiger partial charge in [-0.15, -0.1) is 0 Å². The van der Waals surface area contributed by atoms with Crippen molar-refractivity contribution in [1.29, 1.82) is 0 Å². The van der Waals surface area contributed by atoms with Gasteiger partial charge in [0, 0.05) is 34.5 Å². The molecule has 0 amide bonds. The van der Waals surface area contributed by atoms with Gasteiger partial charge in [0.05, 0.1) is 11.7 Å². The number of anilines is 1. The second-order valence-corrected chi connectivity index (χ2v) is 7.82. The van der Waals surface area contributed by atoms with Crippen LogP contribution in [0.1, 0.15) is 25.3 Å². The molecule has 4 aromatic rings. The van der Waals surface area contributed by atoms with Gasteiger partial charge in [-0.3, -0.25) is 0 Å². The molecule has 3 aromatic heterocycles. The molecule has 136 valence electrons. The molecule has 1 fully saturated rings. The maximum atomic E-state index is 5.89. The number of piperidine rings is 1. The number of rotatable bonds is 2. The van der Waals surface area contributed by atoms with E-state index in [9.17, 15) is 0 Å². The van der Waals surface area contributed by atoms with Crippen molar-refractivity contribution < 1.29 is 0 Å². The van der Waals surface area contributed by atoms with Crippen molar-refractivity contribution in [3.05, 3.63) is 54.4 Å². The largest absolute Gasteiger partial charge is 0.384 e. The Labute approximate surface area is 158 Å². The summed E-state index contributed by atoms with van der Waals surface area (Å²) in [5.41, 5.74) is 11.6.